The van der Waals surface area contributed by atoms with E-state index < -0.39 is 0 Å². The van der Waals surface area contributed by atoms with Crippen LogP contribution in [0.15, 0.2) is 0 Å². The average molecular weight is 130 g/mol. The molecule has 1 radical (unpaired) electrons. The van der Waals surface area contributed by atoms with Crippen molar-refractivity contribution in [3.8, 4) is 0 Å². The van der Waals surface area contributed by atoms with E-state index in [0.717, 1.165) is 32.4 Å². The van der Waals surface area contributed by atoms with Crippen molar-refractivity contribution >= 4 is 0 Å². The zero-order valence-corrected chi connectivity index (χ0v) is 5.90. The molecule has 0 aliphatic carbocycles. The van der Waals surface area contributed by atoms with E-state index in [2.05, 4.69) is 12.2 Å². The summed E-state index contributed by atoms with van der Waals surface area (Å²) in [5, 5.41) is 11.6. The molecule has 0 aliphatic heterocycles. The molecule has 0 aromatic heterocycles. The first-order valence-corrected chi connectivity index (χ1v) is 3.52. The van der Waals surface area contributed by atoms with Gasteiger partial charge in [-0.3, -0.25) is 0 Å². The molecule has 0 rings (SSSR count). The summed E-state index contributed by atoms with van der Waals surface area (Å²) in [5.41, 5.74) is 0. The van der Waals surface area contributed by atoms with Crippen molar-refractivity contribution in [2.45, 2.75) is 19.3 Å². The highest BCUT2D eigenvalue weighted by molar-refractivity contribution is 4.48. The molecule has 0 saturated heterocycles. The summed E-state index contributed by atoms with van der Waals surface area (Å²) in [6.45, 7) is 6.00. The first-order chi connectivity index (χ1) is 4.41. The summed E-state index contributed by atoms with van der Waals surface area (Å²) in [6.07, 6.45) is 2.92. The highest BCUT2D eigenvalue weighted by atomic mass is 16.2. The molecular formula is C7H16NO. The largest absolute Gasteiger partial charge is 0.396 e. The van der Waals surface area contributed by atoms with Crippen LogP contribution >= 0.6 is 0 Å². The normalized spacial score (nSPS) is 10.0. The fourth-order valence-corrected chi connectivity index (χ4v) is 0.612. The number of aliphatic hydroxyl groups excluding tert-OH is 1. The molecule has 0 spiro atoms. The van der Waals surface area contributed by atoms with Crippen LogP contribution in [0.5, 0.6) is 0 Å². The zero-order valence-electron chi connectivity index (χ0n) is 5.90. The molecule has 55 valence electrons. The van der Waals surface area contributed by atoms with E-state index in [1.807, 2.05) is 0 Å². The number of rotatable bonds is 6. The van der Waals surface area contributed by atoms with E-state index in [0.29, 0.717) is 6.61 Å². The maximum atomic E-state index is 8.38. The molecule has 0 saturated carbocycles. The second-order valence-electron chi connectivity index (χ2n) is 2.03. The lowest BCUT2D eigenvalue weighted by atomic mass is 10.3. The maximum Gasteiger partial charge on any atom is 0.0431 e. The number of hydrogen-bond donors (Lipinski definition) is 2. The molecule has 0 aromatic rings. The summed E-state index contributed by atoms with van der Waals surface area (Å²) in [7, 11) is 0. The van der Waals surface area contributed by atoms with Crippen LogP contribution in [-0.4, -0.2) is 24.8 Å². The Morgan fingerprint density at radius 3 is 2.56 bits per heavy atom. The van der Waals surface area contributed by atoms with E-state index >= 15 is 0 Å². The van der Waals surface area contributed by atoms with Crippen LogP contribution < -0.4 is 5.32 Å². The van der Waals surface area contributed by atoms with Crippen LogP contribution in [-0.2, 0) is 0 Å². The minimum absolute atomic E-state index is 0.312. The van der Waals surface area contributed by atoms with Crippen LogP contribution in [0.4, 0.5) is 0 Å². The second kappa shape index (κ2) is 7.92. The van der Waals surface area contributed by atoms with Gasteiger partial charge in [-0.2, -0.15) is 0 Å². The predicted molar refractivity (Wildman–Crippen MR) is 39.2 cm³/mol. The molecule has 0 atom stereocenters. The standard InChI is InChI=1S/C7H16NO/c1-2-5-8-6-3-4-7-9/h8-9H,1-7H2. The van der Waals surface area contributed by atoms with Gasteiger partial charge in [0.15, 0.2) is 0 Å². The Hall–Kier alpha value is -0.0800. The molecule has 0 unspecified atom stereocenters. The quantitative estimate of drug-likeness (QED) is 0.515. The fourth-order valence-electron chi connectivity index (χ4n) is 0.612. The van der Waals surface area contributed by atoms with Crippen molar-refractivity contribution in [2.75, 3.05) is 19.7 Å². The van der Waals surface area contributed by atoms with Crippen LogP contribution in [0, 0.1) is 6.92 Å². The fraction of sp³-hybridized carbons (Fsp3) is 0.857. The minimum Gasteiger partial charge on any atom is -0.396 e. The molecule has 0 aromatic carbocycles. The maximum absolute atomic E-state index is 8.38. The number of hydrogen-bond acceptors (Lipinski definition) is 2. The number of nitrogens with one attached hydrogen (secondary N) is 1. The summed E-state index contributed by atoms with van der Waals surface area (Å²) < 4.78 is 0. The van der Waals surface area contributed by atoms with E-state index in [4.69, 9.17) is 5.11 Å². The van der Waals surface area contributed by atoms with Gasteiger partial charge in [0.05, 0.1) is 0 Å². The minimum atomic E-state index is 0.312. The van der Waals surface area contributed by atoms with Crippen molar-refractivity contribution in [3.63, 3.8) is 0 Å². The Balaban J connectivity index is 2.60. The molecule has 2 nitrogen and oxygen atoms in total. The molecule has 0 fully saturated rings. The van der Waals surface area contributed by atoms with Gasteiger partial charge in [-0.05, 0) is 32.4 Å². The SMILES string of the molecule is [CH2]CCNCCCCO. The van der Waals surface area contributed by atoms with E-state index in [-0.39, 0.29) is 0 Å². The average Bonchev–Trinajstić information content (AvgIpc) is 1.89. The lowest BCUT2D eigenvalue weighted by Crippen LogP contribution is -2.16. The third-order valence-electron chi connectivity index (χ3n) is 1.12. The molecule has 2 N–H and O–H groups in total. The Kier molecular flexibility index (Phi) is 7.85. The van der Waals surface area contributed by atoms with E-state index in [1.165, 1.54) is 0 Å². The molecule has 0 aliphatic rings. The third-order valence-corrected chi connectivity index (χ3v) is 1.12. The zero-order chi connectivity index (χ0) is 6.95. The Bertz CT molecular complexity index is 42.2. The van der Waals surface area contributed by atoms with Crippen molar-refractivity contribution in [2.24, 2.45) is 0 Å². The third kappa shape index (κ3) is 7.92. The monoisotopic (exact) mass is 130 g/mol. The molecule has 0 bridgehead atoms. The van der Waals surface area contributed by atoms with Gasteiger partial charge >= 0.3 is 0 Å². The van der Waals surface area contributed by atoms with Gasteiger partial charge in [0.1, 0.15) is 0 Å². The summed E-state index contributed by atoms with van der Waals surface area (Å²) >= 11 is 0. The Morgan fingerprint density at radius 1 is 1.22 bits per heavy atom. The topological polar surface area (TPSA) is 32.3 Å². The molecular weight excluding hydrogens is 114 g/mol. The summed E-state index contributed by atoms with van der Waals surface area (Å²) in [5.74, 6) is 0. The highest BCUT2D eigenvalue weighted by Gasteiger charge is 1.84. The summed E-state index contributed by atoms with van der Waals surface area (Å²) in [4.78, 5) is 0. The molecule has 0 amide bonds. The van der Waals surface area contributed by atoms with E-state index in [9.17, 15) is 0 Å². The van der Waals surface area contributed by atoms with E-state index in [1.54, 1.807) is 0 Å². The van der Waals surface area contributed by atoms with Crippen molar-refractivity contribution in [3.05, 3.63) is 6.92 Å². The highest BCUT2D eigenvalue weighted by Crippen LogP contribution is 1.83. The van der Waals surface area contributed by atoms with Crippen LogP contribution in [0.25, 0.3) is 0 Å². The smallest absolute Gasteiger partial charge is 0.0431 e. The Morgan fingerprint density at radius 2 is 2.00 bits per heavy atom. The second-order valence-corrected chi connectivity index (χ2v) is 2.03. The number of unbranched alkanes of at least 4 members (excludes halogenated alkanes) is 1. The summed E-state index contributed by atoms with van der Waals surface area (Å²) in [6, 6.07) is 0. The molecule has 9 heavy (non-hydrogen) atoms. The van der Waals surface area contributed by atoms with Crippen molar-refractivity contribution < 1.29 is 5.11 Å². The van der Waals surface area contributed by atoms with Crippen LogP contribution in [0.3, 0.4) is 0 Å². The van der Waals surface area contributed by atoms with Gasteiger partial charge in [-0.15, -0.1) is 0 Å². The van der Waals surface area contributed by atoms with Gasteiger partial charge < -0.3 is 10.4 Å². The van der Waals surface area contributed by atoms with Crippen LogP contribution in [0.1, 0.15) is 19.3 Å². The number of aliphatic hydroxyl groups is 1. The Labute approximate surface area is 57.3 Å². The van der Waals surface area contributed by atoms with Gasteiger partial charge in [0.25, 0.3) is 0 Å². The first-order valence-electron chi connectivity index (χ1n) is 3.52. The lowest BCUT2D eigenvalue weighted by Gasteiger charge is -1.99. The van der Waals surface area contributed by atoms with Crippen LogP contribution in [0.2, 0.25) is 0 Å². The van der Waals surface area contributed by atoms with Gasteiger partial charge in [0, 0.05) is 6.61 Å². The predicted octanol–water partition coefficient (Wildman–Crippen LogP) is 0.573. The van der Waals surface area contributed by atoms with Crippen molar-refractivity contribution in [1.29, 1.82) is 0 Å². The molecule has 0 heterocycles. The van der Waals surface area contributed by atoms with Crippen molar-refractivity contribution in [1.82, 2.24) is 5.32 Å². The molecule has 2 heteroatoms. The van der Waals surface area contributed by atoms with Gasteiger partial charge in [-0.25, -0.2) is 0 Å². The first kappa shape index (κ1) is 8.92. The van der Waals surface area contributed by atoms with Gasteiger partial charge in [0.2, 0.25) is 0 Å². The lowest BCUT2D eigenvalue weighted by molar-refractivity contribution is 0.284. The van der Waals surface area contributed by atoms with Gasteiger partial charge in [-0.1, -0.05) is 6.92 Å².